The van der Waals surface area contributed by atoms with Crippen molar-refractivity contribution in [1.29, 1.82) is 0 Å². The molecule has 2 aromatic heterocycles. The van der Waals surface area contributed by atoms with Crippen LogP contribution in [0.25, 0.3) is 10.9 Å². The zero-order valence-corrected chi connectivity index (χ0v) is 20.2. The third-order valence-electron chi connectivity index (χ3n) is 6.67. The first-order chi connectivity index (χ1) is 17.1. The SMILES string of the molecule is CNC(=O)c1ccnc(N[C@H]2CC[C@@H](Oc3cc(N4CCOCC4)cc4ncnc(C)c34)CC2)n1. The van der Waals surface area contributed by atoms with E-state index in [2.05, 4.69) is 47.6 Å². The van der Waals surface area contributed by atoms with Gasteiger partial charge in [0, 0.05) is 44.1 Å². The Morgan fingerprint density at radius 1 is 1.11 bits per heavy atom. The van der Waals surface area contributed by atoms with Gasteiger partial charge in [-0.3, -0.25) is 4.79 Å². The molecule has 1 saturated heterocycles. The van der Waals surface area contributed by atoms with Gasteiger partial charge < -0.3 is 25.0 Å². The van der Waals surface area contributed by atoms with Crippen molar-refractivity contribution in [1.82, 2.24) is 25.3 Å². The molecule has 2 aliphatic rings. The molecule has 0 atom stereocenters. The van der Waals surface area contributed by atoms with E-state index in [9.17, 15) is 4.79 Å². The summed E-state index contributed by atoms with van der Waals surface area (Å²) in [6, 6.07) is 6.09. The number of morpholine rings is 1. The van der Waals surface area contributed by atoms with E-state index in [4.69, 9.17) is 9.47 Å². The Bertz CT molecular complexity index is 1190. The van der Waals surface area contributed by atoms with Crippen molar-refractivity contribution in [2.75, 3.05) is 43.6 Å². The molecule has 1 aromatic carbocycles. The molecule has 10 nitrogen and oxygen atoms in total. The number of ether oxygens (including phenoxy) is 2. The van der Waals surface area contributed by atoms with Gasteiger partial charge in [-0.05, 0) is 44.7 Å². The van der Waals surface area contributed by atoms with Crippen molar-refractivity contribution in [3.8, 4) is 5.75 Å². The maximum atomic E-state index is 11.9. The van der Waals surface area contributed by atoms with E-state index < -0.39 is 0 Å². The van der Waals surface area contributed by atoms with Gasteiger partial charge in [0.1, 0.15) is 17.8 Å². The Hall–Kier alpha value is -3.53. The summed E-state index contributed by atoms with van der Waals surface area (Å²) in [5.74, 6) is 1.10. The summed E-state index contributed by atoms with van der Waals surface area (Å²) in [7, 11) is 1.59. The minimum atomic E-state index is -0.224. The predicted octanol–water partition coefficient (Wildman–Crippen LogP) is 2.73. The quantitative estimate of drug-likeness (QED) is 0.553. The number of nitrogens with zero attached hydrogens (tertiary/aromatic N) is 5. The molecule has 3 heterocycles. The maximum Gasteiger partial charge on any atom is 0.269 e. The van der Waals surface area contributed by atoms with Crippen LogP contribution in [0.4, 0.5) is 11.6 Å². The molecule has 1 aliphatic carbocycles. The zero-order chi connectivity index (χ0) is 24.2. The van der Waals surface area contributed by atoms with Crippen LogP contribution in [-0.2, 0) is 4.74 Å². The van der Waals surface area contributed by atoms with Crippen LogP contribution < -0.4 is 20.3 Å². The van der Waals surface area contributed by atoms with Crippen LogP contribution in [0.1, 0.15) is 41.9 Å². The molecule has 0 spiro atoms. The Morgan fingerprint density at radius 3 is 2.69 bits per heavy atom. The lowest BCUT2D eigenvalue weighted by Crippen LogP contribution is -2.36. The second-order valence-corrected chi connectivity index (χ2v) is 8.98. The fourth-order valence-electron chi connectivity index (χ4n) is 4.76. The minimum absolute atomic E-state index is 0.105. The first kappa shape index (κ1) is 23.2. The van der Waals surface area contributed by atoms with Crippen LogP contribution in [0.15, 0.2) is 30.7 Å². The lowest BCUT2D eigenvalue weighted by molar-refractivity contribution is 0.0958. The molecule has 5 rings (SSSR count). The second-order valence-electron chi connectivity index (χ2n) is 8.98. The molecule has 0 radical (unpaired) electrons. The van der Waals surface area contributed by atoms with E-state index in [0.29, 0.717) is 11.6 Å². The topological polar surface area (TPSA) is 114 Å². The van der Waals surface area contributed by atoms with Gasteiger partial charge in [-0.15, -0.1) is 0 Å². The van der Waals surface area contributed by atoms with Gasteiger partial charge in [0.2, 0.25) is 5.95 Å². The second kappa shape index (κ2) is 10.4. The van der Waals surface area contributed by atoms with Gasteiger partial charge in [0.15, 0.2) is 0 Å². The molecule has 2 N–H and O–H groups in total. The average Bonchev–Trinajstić information content (AvgIpc) is 2.90. The highest BCUT2D eigenvalue weighted by molar-refractivity contribution is 5.92. The van der Waals surface area contributed by atoms with Crippen LogP contribution in [0.5, 0.6) is 5.75 Å². The average molecular weight is 478 g/mol. The van der Waals surface area contributed by atoms with Gasteiger partial charge in [-0.1, -0.05) is 0 Å². The van der Waals surface area contributed by atoms with Crippen molar-refractivity contribution in [2.24, 2.45) is 0 Å². The Labute approximate surface area is 204 Å². The van der Waals surface area contributed by atoms with Crippen molar-refractivity contribution in [3.63, 3.8) is 0 Å². The highest BCUT2D eigenvalue weighted by Gasteiger charge is 2.25. The summed E-state index contributed by atoms with van der Waals surface area (Å²) in [6.45, 7) is 5.16. The minimum Gasteiger partial charge on any atom is -0.490 e. The summed E-state index contributed by atoms with van der Waals surface area (Å²) in [5.41, 5.74) is 3.28. The molecule has 10 heteroatoms. The first-order valence-corrected chi connectivity index (χ1v) is 12.2. The summed E-state index contributed by atoms with van der Waals surface area (Å²) >= 11 is 0. The Kier molecular flexibility index (Phi) is 6.89. The maximum absolute atomic E-state index is 11.9. The summed E-state index contributed by atoms with van der Waals surface area (Å²) in [6.07, 6.45) is 6.98. The highest BCUT2D eigenvalue weighted by atomic mass is 16.5. The number of nitrogens with one attached hydrogen (secondary N) is 2. The largest absolute Gasteiger partial charge is 0.490 e. The Morgan fingerprint density at radius 2 is 1.91 bits per heavy atom. The smallest absolute Gasteiger partial charge is 0.269 e. The number of rotatable bonds is 6. The molecule has 1 saturated carbocycles. The molecule has 0 unspecified atom stereocenters. The standard InChI is InChI=1S/C25H31N7O3/c1-16-23-21(29-15-28-16)13-18(32-9-11-34-12-10-32)14-22(23)35-19-5-3-17(4-6-19)30-25-27-8-7-20(31-25)24(33)26-2/h7-8,13-15,17,19H,3-6,9-12H2,1-2H3,(H,26,33)(H,27,30,31)/t17-,19+. The summed E-state index contributed by atoms with van der Waals surface area (Å²) in [5, 5.41) is 6.95. The number of hydrogen-bond acceptors (Lipinski definition) is 9. The lowest BCUT2D eigenvalue weighted by Gasteiger charge is -2.31. The molecule has 2 fully saturated rings. The fourth-order valence-corrected chi connectivity index (χ4v) is 4.76. The molecule has 184 valence electrons. The van der Waals surface area contributed by atoms with E-state index in [0.717, 1.165) is 80.0 Å². The van der Waals surface area contributed by atoms with Crippen LogP contribution in [0, 0.1) is 6.92 Å². The number of carbonyl (C=O) groups excluding carboxylic acids is 1. The van der Waals surface area contributed by atoms with Crippen LogP contribution >= 0.6 is 0 Å². The number of anilines is 2. The molecular weight excluding hydrogens is 446 g/mol. The molecule has 1 amide bonds. The third-order valence-corrected chi connectivity index (χ3v) is 6.67. The number of aromatic nitrogens is 4. The molecule has 0 bridgehead atoms. The predicted molar refractivity (Wildman–Crippen MR) is 133 cm³/mol. The fraction of sp³-hybridized carbons (Fsp3) is 0.480. The molecule has 3 aromatic rings. The summed E-state index contributed by atoms with van der Waals surface area (Å²) < 4.78 is 12.1. The number of benzene rings is 1. The number of hydrogen-bond donors (Lipinski definition) is 2. The van der Waals surface area contributed by atoms with Gasteiger partial charge in [-0.25, -0.2) is 19.9 Å². The van der Waals surface area contributed by atoms with Crippen molar-refractivity contribution < 1.29 is 14.3 Å². The van der Waals surface area contributed by atoms with Gasteiger partial charge in [0.05, 0.1) is 35.9 Å². The van der Waals surface area contributed by atoms with Gasteiger partial charge in [0.25, 0.3) is 5.91 Å². The van der Waals surface area contributed by atoms with E-state index >= 15 is 0 Å². The van der Waals surface area contributed by atoms with Crippen LogP contribution in [0.2, 0.25) is 0 Å². The van der Waals surface area contributed by atoms with Crippen molar-refractivity contribution >= 4 is 28.4 Å². The van der Waals surface area contributed by atoms with Gasteiger partial charge >= 0.3 is 0 Å². The Balaban J connectivity index is 1.28. The van der Waals surface area contributed by atoms with Crippen molar-refractivity contribution in [3.05, 3.63) is 42.1 Å². The van der Waals surface area contributed by atoms with E-state index in [1.54, 1.807) is 25.6 Å². The van der Waals surface area contributed by atoms with E-state index in [1.165, 1.54) is 0 Å². The molecular formula is C25H31N7O3. The number of amides is 1. The van der Waals surface area contributed by atoms with Crippen molar-refractivity contribution in [2.45, 2.75) is 44.8 Å². The first-order valence-electron chi connectivity index (χ1n) is 12.2. The highest BCUT2D eigenvalue weighted by Crippen LogP contribution is 2.35. The molecule has 1 aliphatic heterocycles. The molecule has 35 heavy (non-hydrogen) atoms. The van der Waals surface area contributed by atoms with E-state index in [-0.39, 0.29) is 18.1 Å². The number of fused-ring (bicyclic) bond motifs is 1. The number of aryl methyl sites for hydroxylation is 1. The zero-order valence-electron chi connectivity index (χ0n) is 20.2. The monoisotopic (exact) mass is 477 g/mol. The normalized spacial score (nSPS) is 20.5. The van der Waals surface area contributed by atoms with E-state index in [1.807, 2.05) is 6.92 Å². The number of carbonyl (C=O) groups is 1. The lowest BCUT2D eigenvalue weighted by atomic mass is 9.93. The van der Waals surface area contributed by atoms with Crippen LogP contribution in [0.3, 0.4) is 0 Å². The third kappa shape index (κ3) is 5.27. The van der Waals surface area contributed by atoms with Crippen LogP contribution in [-0.4, -0.2) is 71.3 Å². The van der Waals surface area contributed by atoms with Gasteiger partial charge in [-0.2, -0.15) is 0 Å². The summed E-state index contributed by atoms with van der Waals surface area (Å²) in [4.78, 5) is 31.7.